The summed E-state index contributed by atoms with van der Waals surface area (Å²) in [5.41, 5.74) is 5.25. The van der Waals surface area contributed by atoms with Crippen molar-refractivity contribution in [1.29, 1.82) is 0 Å². The number of esters is 1. The third-order valence-corrected chi connectivity index (χ3v) is 4.42. The quantitative estimate of drug-likeness (QED) is 0.489. The van der Waals surface area contributed by atoms with Gasteiger partial charge in [-0.1, -0.05) is 0 Å². The van der Waals surface area contributed by atoms with Crippen molar-refractivity contribution in [1.82, 2.24) is 0 Å². The van der Waals surface area contributed by atoms with Crippen LogP contribution in [0.25, 0.3) is 0 Å². The molecule has 0 saturated carbocycles. The summed E-state index contributed by atoms with van der Waals surface area (Å²) in [6, 6.07) is -1.37. The Morgan fingerprint density at radius 3 is 2.30 bits per heavy atom. The van der Waals surface area contributed by atoms with E-state index in [2.05, 4.69) is 0 Å². The molecule has 9 heteroatoms. The SMILES string of the molecule is CCOC(=O)c1c([At])c(OC)c(OC)c(F)c1CC(N)C(=O)O. The van der Waals surface area contributed by atoms with Gasteiger partial charge in [0.1, 0.15) is 0 Å². The third kappa shape index (κ3) is 4.09. The van der Waals surface area contributed by atoms with Gasteiger partial charge in [-0.15, -0.1) is 0 Å². The molecule has 23 heavy (non-hydrogen) atoms. The number of carboxylic acid groups (broad SMARTS) is 1. The van der Waals surface area contributed by atoms with Crippen molar-refractivity contribution in [3.8, 4) is 11.5 Å². The molecule has 0 heterocycles. The molecule has 1 aromatic rings. The summed E-state index contributed by atoms with van der Waals surface area (Å²) in [4.78, 5) is 23.2. The summed E-state index contributed by atoms with van der Waals surface area (Å²) in [6.07, 6.45) is -0.383. The Hall–Kier alpha value is -1.47. The molecule has 0 saturated heterocycles. The average molecular weight is 524 g/mol. The van der Waals surface area contributed by atoms with E-state index >= 15 is 0 Å². The van der Waals surface area contributed by atoms with E-state index in [9.17, 15) is 14.0 Å². The van der Waals surface area contributed by atoms with Gasteiger partial charge in [-0.3, -0.25) is 0 Å². The van der Waals surface area contributed by atoms with Gasteiger partial charge in [0.15, 0.2) is 0 Å². The number of nitrogens with two attached hydrogens (primary N) is 1. The molecule has 0 aliphatic rings. The summed E-state index contributed by atoms with van der Waals surface area (Å²) in [7, 11) is 2.56. The maximum absolute atomic E-state index is 14.7. The van der Waals surface area contributed by atoms with Crippen molar-refractivity contribution in [2.75, 3.05) is 20.8 Å². The van der Waals surface area contributed by atoms with Gasteiger partial charge in [0.05, 0.1) is 0 Å². The Morgan fingerprint density at radius 2 is 1.87 bits per heavy atom. The summed E-state index contributed by atoms with van der Waals surface area (Å²) >= 11 is 1.05. The first-order valence-corrected chi connectivity index (χ1v) is 8.04. The van der Waals surface area contributed by atoms with Crippen molar-refractivity contribution in [2.24, 2.45) is 5.73 Å². The summed E-state index contributed by atoms with van der Waals surface area (Å²) in [5.74, 6) is -3.10. The Labute approximate surface area is 147 Å². The second-order valence-corrected chi connectivity index (χ2v) is 5.89. The molecule has 1 unspecified atom stereocenters. The van der Waals surface area contributed by atoms with Crippen LogP contribution in [0.1, 0.15) is 22.8 Å². The van der Waals surface area contributed by atoms with Crippen LogP contribution in [-0.2, 0) is 16.0 Å². The monoisotopic (exact) mass is 524 g/mol. The van der Waals surface area contributed by atoms with E-state index in [0.29, 0.717) is 3.27 Å². The fourth-order valence-electron chi connectivity index (χ4n) is 1.97. The number of hydrogen-bond donors (Lipinski definition) is 2. The number of rotatable bonds is 7. The molecule has 0 amide bonds. The molecule has 0 aromatic heterocycles. The standard InChI is InChI=1S/C14H17AtFNO6/c1-4-23-14(20)8-6(5-7(17)13(18)19)10(16)12(22-3)11(21-2)9(8)15/h7H,4-5,17H2,1-3H3,(H,18,19). The number of halogens is 1. The Kier molecular flexibility index (Phi) is 7.15. The van der Waals surface area contributed by atoms with Gasteiger partial charge in [-0.05, 0) is 0 Å². The molecule has 0 aliphatic carbocycles. The Morgan fingerprint density at radius 1 is 1.30 bits per heavy atom. The van der Waals surface area contributed by atoms with Gasteiger partial charge in [-0.25, -0.2) is 0 Å². The molecular weight excluding hydrogens is 507 g/mol. The number of benzene rings is 1. The molecule has 0 spiro atoms. The zero-order chi connectivity index (χ0) is 17.7. The molecule has 1 aromatic carbocycles. The predicted octanol–water partition coefficient (Wildman–Crippen LogP) is 0.149. The Bertz CT molecular complexity index is 622. The first-order valence-electron chi connectivity index (χ1n) is 6.57. The third-order valence-electron chi connectivity index (χ3n) is 3.02. The summed E-state index contributed by atoms with van der Waals surface area (Å²) < 4.78 is 30.1. The van der Waals surface area contributed by atoms with Crippen LogP contribution < -0.4 is 18.5 Å². The van der Waals surface area contributed by atoms with Crippen LogP contribution in [0.5, 0.6) is 11.5 Å². The van der Waals surface area contributed by atoms with E-state index in [4.69, 9.17) is 25.1 Å². The average Bonchev–Trinajstić information content (AvgIpc) is 2.50. The maximum atomic E-state index is 14.7. The number of ether oxygens (including phenoxy) is 3. The molecule has 1 atom stereocenters. The first kappa shape index (κ1) is 19.6. The Balaban J connectivity index is 3.64. The van der Waals surface area contributed by atoms with Crippen LogP contribution in [0.4, 0.5) is 4.39 Å². The minimum absolute atomic E-state index is 0.0670. The number of aliphatic carboxylic acids is 1. The molecule has 3 N–H and O–H groups in total. The van der Waals surface area contributed by atoms with Crippen LogP contribution in [-0.4, -0.2) is 43.9 Å². The van der Waals surface area contributed by atoms with E-state index in [-0.39, 0.29) is 35.7 Å². The molecule has 128 valence electrons. The summed E-state index contributed by atoms with van der Waals surface area (Å²) in [6.45, 7) is 1.70. The van der Waals surface area contributed by atoms with Crippen molar-refractivity contribution in [3.05, 3.63) is 16.9 Å². The predicted molar refractivity (Wildman–Crippen MR) is 74.4 cm³/mol. The van der Waals surface area contributed by atoms with Crippen molar-refractivity contribution in [3.63, 3.8) is 0 Å². The molecule has 7 nitrogen and oxygen atoms in total. The van der Waals surface area contributed by atoms with Crippen LogP contribution in [0.2, 0.25) is 0 Å². The molecule has 0 fully saturated rings. The van der Waals surface area contributed by atoms with E-state index in [1.807, 2.05) is 0 Å². The van der Waals surface area contributed by atoms with Crippen LogP contribution in [0.15, 0.2) is 0 Å². The van der Waals surface area contributed by atoms with E-state index in [1.54, 1.807) is 6.92 Å². The van der Waals surface area contributed by atoms with Gasteiger partial charge >= 0.3 is 148 Å². The zero-order valence-electron chi connectivity index (χ0n) is 12.8. The molecule has 0 radical (unpaired) electrons. The van der Waals surface area contributed by atoms with Crippen molar-refractivity contribution in [2.45, 2.75) is 19.4 Å². The number of carbonyl (C=O) groups is 2. The second-order valence-electron chi connectivity index (χ2n) is 4.42. The minimum atomic E-state index is -1.37. The molecule has 0 bridgehead atoms. The molecular formula is C14H17AtFNO6. The van der Waals surface area contributed by atoms with Crippen LogP contribution in [0.3, 0.4) is 0 Å². The van der Waals surface area contributed by atoms with Crippen molar-refractivity contribution >= 4 is 15.2 Å². The number of carboxylic acids is 1. The topological polar surface area (TPSA) is 108 Å². The van der Waals surface area contributed by atoms with Gasteiger partial charge < -0.3 is 0 Å². The van der Waals surface area contributed by atoms with E-state index in [1.165, 1.54) is 14.2 Å². The van der Waals surface area contributed by atoms with Gasteiger partial charge in [0, 0.05) is 0 Å². The normalized spacial score (nSPS) is 11.7. The van der Waals surface area contributed by atoms with Crippen LogP contribution >= 0.6 is 0 Å². The fourth-order valence-corrected chi connectivity index (χ4v) is 3.35. The summed E-state index contributed by atoms with van der Waals surface area (Å²) in [5, 5.41) is 8.95. The fraction of sp³-hybridized carbons (Fsp3) is 0.429. The van der Waals surface area contributed by atoms with Gasteiger partial charge in [0.2, 0.25) is 0 Å². The zero-order valence-corrected chi connectivity index (χ0v) is 15.8. The molecule has 0 aliphatic heterocycles. The van der Waals surface area contributed by atoms with E-state index < -0.39 is 23.8 Å². The van der Waals surface area contributed by atoms with E-state index in [0.717, 1.165) is 24.7 Å². The second kappa shape index (κ2) is 8.40. The van der Waals surface area contributed by atoms with Gasteiger partial charge in [0.25, 0.3) is 0 Å². The first-order chi connectivity index (χ1) is 10.8. The number of hydrogen-bond acceptors (Lipinski definition) is 6. The number of methoxy groups -OCH3 is 2. The van der Waals surface area contributed by atoms with Gasteiger partial charge in [-0.2, -0.15) is 0 Å². The number of carbonyl (C=O) groups excluding carboxylic acids is 1. The molecule has 1 rings (SSSR count). The van der Waals surface area contributed by atoms with Crippen molar-refractivity contribution < 1.29 is 58.0 Å². The van der Waals surface area contributed by atoms with Crippen LogP contribution in [0, 0.1) is 30.5 Å².